The number of halogens is 1. The number of hydrogen-bond donors (Lipinski definition) is 2. The van der Waals surface area contributed by atoms with Gasteiger partial charge in [-0.1, -0.05) is 11.3 Å². The Bertz CT molecular complexity index is 1180. The molecule has 0 unspecified atom stereocenters. The molecule has 0 radical (unpaired) electrons. The van der Waals surface area contributed by atoms with Crippen molar-refractivity contribution in [3.05, 3.63) is 66.5 Å². The smallest absolute Gasteiger partial charge is 0.414 e. The van der Waals surface area contributed by atoms with Gasteiger partial charge in [0.05, 0.1) is 29.8 Å². The molecule has 0 aliphatic carbocycles. The SMILES string of the molecule is CNC[C@@H]1C=C(c2ccc(-c3ccc(N4C[C@@H](CCn5ccnn5)OC4=O)cc3F)cn2)NO1. The number of nitrogens with zero attached hydrogens (tertiary/aromatic N) is 5. The second kappa shape index (κ2) is 9.57. The van der Waals surface area contributed by atoms with Crippen molar-refractivity contribution in [3.8, 4) is 11.1 Å². The normalized spacial score (nSPS) is 19.8. The molecule has 34 heavy (non-hydrogen) atoms. The van der Waals surface area contributed by atoms with Gasteiger partial charge in [-0.15, -0.1) is 5.10 Å². The van der Waals surface area contributed by atoms with Crippen molar-refractivity contribution < 1.29 is 18.8 Å². The van der Waals surface area contributed by atoms with Crippen molar-refractivity contribution in [1.82, 2.24) is 30.8 Å². The first-order chi connectivity index (χ1) is 16.6. The van der Waals surface area contributed by atoms with Crippen LogP contribution in [0.3, 0.4) is 0 Å². The van der Waals surface area contributed by atoms with Crippen LogP contribution in [0.4, 0.5) is 14.9 Å². The van der Waals surface area contributed by atoms with Crippen LogP contribution in [0.2, 0.25) is 0 Å². The molecule has 1 fully saturated rings. The van der Waals surface area contributed by atoms with Crippen LogP contribution < -0.4 is 15.7 Å². The van der Waals surface area contributed by atoms with E-state index in [2.05, 4.69) is 26.1 Å². The molecule has 5 rings (SSSR count). The Morgan fingerprint density at radius 1 is 1.29 bits per heavy atom. The Hall–Kier alpha value is -3.83. The Morgan fingerprint density at radius 2 is 2.21 bits per heavy atom. The maximum atomic E-state index is 15.0. The minimum Gasteiger partial charge on any atom is -0.444 e. The maximum Gasteiger partial charge on any atom is 0.414 e. The van der Waals surface area contributed by atoms with Crippen molar-refractivity contribution >= 4 is 17.5 Å². The molecule has 0 bridgehead atoms. The van der Waals surface area contributed by atoms with E-state index in [1.54, 1.807) is 41.5 Å². The molecule has 0 spiro atoms. The third-order valence-corrected chi connectivity index (χ3v) is 5.72. The van der Waals surface area contributed by atoms with Crippen LogP contribution in [0.15, 0.2) is 55.0 Å². The van der Waals surface area contributed by atoms with Crippen LogP contribution in [0.1, 0.15) is 12.1 Å². The average Bonchev–Trinajstić information content (AvgIpc) is 3.60. The highest BCUT2D eigenvalue weighted by Crippen LogP contribution is 2.30. The summed E-state index contributed by atoms with van der Waals surface area (Å²) in [5.74, 6) is -0.443. The van der Waals surface area contributed by atoms with Gasteiger partial charge < -0.3 is 10.1 Å². The number of aromatic nitrogens is 4. The van der Waals surface area contributed by atoms with E-state index in [1.165, 1.54) is 11.0 Å². The summed E-state index contributed by atoms with van der Waals surface area (Å²) >= 11 is 0. The van der Waals surface area contributed by atoms with Gasteiger partial charge in [-0.2, -0.15) is 0 Å². The minimum atomic E-state index is -0.488. The number of hydrogen-bond acceptors (Lipinski definition) is 8. The van der Waals surface area contributed by atoms with Crippen LogP contribution in [-0.4, -0.2) is 58.4 Å². The highest BCUT2D eigenvalue weighted by molar-refractivity contribution is 5.90. The van der Waals surface area contributed by atoms with E-state index in [9.17, 15) is 4.79 Å². The summed E-state index contributed by atoms with van der Waals surface area (Å²) in [5.41, 5.74) is 5.83. The summed E-state index contributed by atoms with van der Waals surface area (Å²) < 4.78 is 22.1. The molecule has 1 amide bonds. The molecular weight excluding hydrogens is 441 g/mol. The molecule has 1 aromatic carbocycles. The molecule has 2 aromatic heterocycles. The van der Waals surface area contributed by atoms with E-state index in [0.717, 1.165) is 5.70 Å². The predicted octanol–water partition coefficient (Wildman–Crippen LogP) is 2.36. The molecule has 2 aliphatic rings. The number of anilines is 1. The van der Waals surface area contributed by atoms with Crippen molar-refractivity contribution in [3.63, 3.8) is 0 Å². The van der Waals surface area contributed by atoms with Crippen LogP contribution in [0.25, 0.3) is 16.8 Å². The zero-order chi connectivity index (χ0) is 23.5. The lowest BCUT2D eigenvalue weighted by Crippen LogP contribution is -2.25. The number of ether oxygens (including phenoxy) is 1. The molecule has 10 nitrogen and oxygen atoms in total. The first-order valence-corrected chi connectivity index (χ1v) is 11.0. The molecule has 2 atom stereocenters. The third kappa shape index (κ3) is 4.61. The number of hydroxylamine groups is 1. The summed E-state index contributed by atoms with van der Waals surface area (Å²) in [7, 11) is 1.86. The average molecular weight is 465 g/mol. The lowest BCUT2D eigenvalue weighted by Gasteiger charge is -2.14. The molecule has 11 heteroatoms. The maximum absolute atomic E-state index is 15.0. The van der Waals surface area contributed by atoms with Crippen molar-refractivity contribution in [2.24, 2.45) is 0 Å². The summed E-state index contributed by atoms with van der Waals surface area (Å²) in [4.78, 5) is 23.7. The minimum absolute atomic E-state index is 0.0779. The Labute approximate surface area is 195 Å². The fourth-order valence-electron chi connectivity index (χ4n) is 3.96. The Balaban J connectivity index is 1.26. The summed E-state index contributed by atoms with van der Waals surface area (Å²) in [5, 5.41) is 10.7. The second-order valence-electron chi connectivity index (χ2n) is 8.06. The number of aryl methyl sites for hydroxylation is 1. The molecular formula is C23H24FN7O3. The van der Waals surface area contributed by atoms with Crippen molar-refractivity contribution in [1.29, 1.82) is 0 Å². The zero-order valence-corrected chi connectivity index (χ0v) is 18.5. The van der Waals surface area contributed by atoms with E-state index in [4.69, 9.17) is 9.57 Å². The third-order valence-electron chi connectivity index (χ3n) is 5.72. The number of carbonyl (C=O) groups excluding carboxylic acids is 1. The molecule has 1 saturated heterocycles. The number of pyridine rings is 1. The zero-order valence-electron chi connectivity index (χ0n) is 18.5. The number of rotatable bonds is 8. The Morgan fingerprint density at radius 3 is 2.94 bits per heavy atom. The number of carbonyl (C=O) groups is 1. The van der Waals surface area contributed by atoms with Crippen LogP contribution in [0, 0.1) is 5.82 Å². The molecule has 176 valence electrons. The molecule has 0 saturated carbocycles. The first-order valence-electron chi connectivity index (χ1n) is 11.0. The number of nitrogens with one attached hydrogen (secondary N) is 2. The van der Waals surface area contributed by atoms with Gasteiger partial charge in [0.2, 0.25) is 0 Å². The first kappa shape index (κ1) is 22.0. The molecule has 4 heterocycles. The summed E-state index contributed by atoms with van der Waals surface area (Å²) in [6.45, 7) is 1.61. The number of amides is 1. The van der Waals surface area contributed by atoms with Gasteiger partial charge in [-0.25, -0.2) is 9.18 Å². The predicted molar refractivity (Wildman–Crippen MR) is 122 cm³/mol. The van der Waals surface area contributed by atoms with Gasteiger partial charge in [0.15, 0.2) is 0 Å². The van der Waals surface area contributed by atoms with Gasteiger partial charge >= 0.3 is 6.09 Å². The molecule has 2 aliphatic heterocycles. The highest BCUT2D eigenvalue weighted by atomic mass is 19.1. The van der Waals surface area contributed by atoms with E-state index in [-0.39, 0.29) is 12.2 Å². The van der Waals surface area contributed by atoms with Gasteiger partial charge in [0.25, 0.3) is 0 Å². The van der Waals surface area contributed by atoms with E-state index in [1.807, 2.05) is 19.2 Å². The monoisotopic (exact) mass is 465 g/mol. The van der Waals surface area contributed by atoms with E-state index < -0.39 is 11.9 Å². The standard InChI is InChI=1S/C23H24FN7O3/c1-25-13-18-11-22(28-34-18)21-5-2-15(12-26-21)19-4-3-16(10-20(19)24)31-14-17(33-23(31)32)6-8-30-9-7-27-29-30/h2-5,7,9-12,17-18,25,28H,6,8,13-14H2,1H3/t17-,18+/m1/s1. The summed E-state index contributed by atoms with van der Waals surface area (Å²) in [6.07, 6.45) is 6.64. The Kier molecular flexibility index (Phi) is 6.19. The number of cyclic esters (lactones) is 1. The highest BCUT2D eigenvalue weighted by Gasteiger charge is 2.32. The van der Waals surface area contributed by atoms with Crippen LogP contribution in [0.5, 0.6) is 0 Å². The topological polar surface area (TPSA) is 106 Å². The van der Waals surface area contributed by atoms with Gasteiger partial charge in [0, 0.05) is 43.0 Å². The summed E-state index contributed by atoms with van der Waals surface area (Å²) in [6, 6.07) is 8.32. The fraction of sp³-hybridized carbons (Fsp3) is 0.304. The molecule has 2 N–H and O–H groups in total. The number of likely N-dealkylation sites (N-methyl/N-ethyl adjacent to an activating group) is 1. The largest absolute Gasteiger partial charge is 0.444 e. The lowest BCUT2D eigenvalue weighted by molar-refractivity contribution is 0.0527. The van der Waals surface area contributed by atoms with E-state index in [0.29, 0.717) is 48.6 Å². The second-order valence-corrected chi connectivity index (χ2v) is 8.06. The van der Waals surface area contributed by atoms with Crippen molar-refractivity contribution in [2.45, 2.75) is 25.2 Å². The van der Waals surface area contributed by atoms with Gasteiger partial charge in [-0.05, 0) is 37.4 Å². The lowest BCUT2D eigenvalue weighted by atomic mass is 10.1. The van der Waals surface area contributed by atoms with Crippen LogP contribution >= 0.6 is 0 Å². The van der Waals surface area contributed by atoms with Gasteiger partial charge in [-0.3, -0.25) is 24.9 Å². The fourth-order valence-corrected chi connectivity index (χ4v) is 3.96. The van der Waals surface area contributed by atoms with E-state index >= 15 is 4.39 Å². The van der Waals surface area contributed by atoms with Crippen LogP contribution in [-0.2, 0) is 16.1 Å². The van der Waals surface area contributed by atoms with Gasteiger partial charge in [0.1, 0.15) is 18.0 Å². The number of benzene rings is 1. The van der Waals surface area contributed by atoms with Crippen molar-refractivity contribution in [2.75, 3.05) is 25.0 Å². The quantitative estimate of drug-likeness (QED) is 0.522. The molecule has 3 aromatic rings.